The highest BCUT2D eigenvalue weighted by molar-refractivity contribution is 5.86. The minimum absolute atomic E-state index is 0.0223. The summed E-state index contributed by atoms with van der Waals surface area (Å²) in [7, 11) is 0. The van der Waals surface area contributed by atoms with Gasteiger partial charge in [-0.05, 0) is 117 Å². The van der Waals surface area contributed by atoms with Crippen molar-refractivity contribution < 1.29 is 14.6 Å². The Balaban J connectivity index is 1.25. The van der Waals surface area contributed by atoms with Gasteiger partial charge in [0.1, 0.15) is 11.9 Å². The van der Waals surface area contributed by atoms with Crippen molar-refractivity contribution in [3.8, 4) is 0 Å². The van der Waals surface area contributed by atoms with E-state index in [1.165, 1.54) is 51.4 Å². The molecule has 5 saturated carbocycles. The summed E-state index contributed by atoms with van der Waals surface area (Å²) in [5, 5.41) is 10.9. The minimum Gasteiger partial charge on any atom is -0.390 e. The summed E-state index contributed by atoms with van der Waals surface area (Å²) in [6.07, 6.45) is 12.0. The van der Waals surface area contributed by atoms with Crippen LogP contribution in [-0.4, -0.2) is 28.7 Å². The molecule has 0 aromatic rings. The van der Waals surface area contributed by atoms with Gasteiger partial charge in [0.15, 0.2) is 0 Å². The molecular formula is C30H48O3. The first-order chi connectivity index (χ1) is 15.3. The zero-order valence-corrected chi connectivity index (χ0v) is 22.3. The molecule has 0 radical (unpaired) electrons. The van der Waals surface area contributed by atoms with Crippen LogP contribution in [0, 0.1) is 50.7 Å². The van der Waals surface area contributed by atoms with Crippen molar-refractivity contribution >= 4 is 5.78 Å². The second kappa shape index (κ2) is 6.47. The summed E-state index contributed by atoms with van der Waals surface area (Å²) in [4.78, 5) is 12.9. The van der Waals surface area contributed by atoms with E-state index >= 15 is 0 Å². The number of ketones is 1. The zero-order valence-electron chi connectivity index (χ0n) is 22.3. The quantitative estimate of drug-likeness (QED) is 0.487. The Morgan fingerprint density at radius 1 is 0.909 bits per heavy atom. The van der Waals surface area contributed by atoms with Gasteiger partial charge in [-0.15, -0.1) is 0 Å². The average molecular weight is 457 g/mol. The monoisotopic (exact) mass is 456 g/mol. The molecule has 186 valence electrons. The van der Waals surface area contributed by atoms with Crippen LogP contribution in [0.15, 0.2) is 0 Å². The van der Waals surface area contributed by atoms with Crippen molar-refractivity contribution in [2.45, 2.75) is 130 Å². The summed E-state index contributed by atoms with van der Waals surface area (Å²) in [5.74, 6) is 3.21. The van der Waals surface area contributed by atoms with Gasteiger partial charge >= 0.3 is 0 Å². The molecule has 10 atom stereocenters. The maximum Gasteiger partial charge on any atom is 0.138 e. The number of carbonyl (C=O) groups excluding carboxylic acids is 1. The Morgan fingerprint density at radius 3 is 2.21 bits per heavy atom. The molecule has 2 spiro atoms. The number of fused-ring (bicyclic) bond motifs is 2. The van der Waals surface area contributed by atoms with Crippen LogP contribution in [-0.2, 0) is 9.53 Å². The summed E-state index contributed by atoms with van der Waals surface area (Å²) >= 11 is 0. The molecule has 33 heavy (non-hydrogen) atoms. The van der Waals surface area contributed by atoms with Crippen molar-refractivity contribution in [1.29, 1.82) is 0 Å². The lowest BCUT2D eigenvalue weighted by molar-refractivity contribution is -0.157. The summed E-state index contributed by atoms with van der Waals surface area (Å²) < 4.78 is 5.77. The Bertz CT molecular complexity index is 876. The standard InChI is InChI=1S/C30H48O3/c1-18(16-20(31)24-26(4,5)33-24)19-10-12-28(7)22-9-8-21-25(2,3)23(32)11-13-29(21)17-30(22,29)15-14-27(19,28)6/h18-22,24,31H,8-17H2,1-7H3/t18-,19-,20-,21+,22+,24+,27-,28+,29-,30+/m1/s1. The van der Waals surface area contributed by atoms with E-state index in [1.54, 1.807) is 0 Å². The lowest BCUT2D eigenvalue weighted by Gasteiger charge is -2.62. The third kappa shape index (κ3) is 2.63. The first kappa shape index (κ1) is 23.0. The van der Waals surface area contributed by atoms with E-state index in [4.69, 9.17) is 4.74 Å². The van der Waals surface area contributed by atoms with Crippen LogP contribution in [0.4, 0.5) is 0 Å². The first-order valence-electron chi connectivity index (χ1n) is 14.1. The molecule has 1 N–H and O–H groups in total. The van der Waals surface area contributed by atoms with Gasteiger partial charge in [0, 0.05) is 11.8 Å². The molecule has 6 fully saturated rings. The third-order valence-electron chi connectivity index (χ3n) is 13.6. The molecule has 0 amide bonds. The average Bonchev–Trinajstić information content (AvgIpc) is 3.56. The van der Waals surface area contributed by atoms with Gasteiger partial charge in [-0.2, -0.15) is 0 Å². The van der Waals surface area contributed by atoms with Crippen molar-refractivity contribution in [1.82, 2.24) is 0 Å². The van der Waals surface area contributed by atoms with Gasteiger partial charge in [-0.3, -0.25) is 4.79 Å². The van der Waals surface area contributed by atoms with Crippen LogP contribution in [0.1, 0.15) is 113 Å². The van der Waals surface area contributed by atoms with E-state index in [2.05, 4.69) is 48.5 Å². The number of hydrogen-bond acceptors (Lipinski definition) is 3. The van der Waals surface area contributed by atoms with Gasteiger partial charge in [0.25, 0.3) is 0 Å². The molecule has 0 unspecified atom stereocenters. The number of hydrogen-bond donors (Lipinski definition) is 1. The minimum atomic E-state index is -0.329. The molecular weight excluding hydrogens is 408 g/mol. The van der Waals surface area contributed by atoms with Gasteiger partial charge in [0.05, 0.1) is 11.7 Å². The van der Waals surface area contributed by atoms with E-state index in [-0.39, 0.29) is 23.2 Å². The molecule has 1 saturated heterocycles. The summed E-state index contributed by atoms with van der Waals surface area (Å²) in [5.41, 5.74) is 1.51. The van der Waals surface area contributed by atoms with E-state index in [9.17, 15) is 9.90 Å². The second-order valence-corrected chi connectivity index (χ2v) is 15.2. The van der Waals surface area contributed by atoms with Crippen LogP contribution in [0.3, 0.4) is 0 Å². The molecule has 3 nitrogen and oxygen atoms in total. The van der Waals surface area contributed by atoms with Gasteiger partial charge in [-0.25, -0.2) is 0 Å². The van der Waals surface area contributed by atoms with Crippen LogP contribution in [0.5, 0.6) is 0 Å². The molecule has 0 aromatic carbocycles. The molecule has 0 aromatic heterocycles. The predicted molar refractivity (Wildman–Crippen MR) is 131 cm³/mol. The van der Waals surface area contributed by atoms with Gasteiger partial charge < -0.3 is 9.84 Å². The van der Waals surface area contributed by atoms with E-state index in [0.717, 1.165) is 18.8 Å². The molecule has 3 heteroatoms. The second-order valence-electron chi connectivity index (χ2n) is 15.2. The fourth-order valence-electron chi connectivity index (χ4n) is 11.6. The number of carbonyl (C=O) groups is 1. The topological polar surface area (TPSA) is 49.8 Å². The zero-order chi connectivity index (χ0) is 23.8. The molecule has 6 rings (SSSR count). The van der Waals surface area contributed by atoms with Gasteiger partial charge in [-0.1, -0.05) is 34.6 Å². The highest BCUT2D eigenvalue weighted by Crippen LogP contribution is 2.88. The smallest absolute Gasteiger partial charge is 0.138 e. The summed E-state index contributed by atoms with van der Waals surface area (Å²) in [6, 6.07) is 0. The predicted octanol–water partition coefficient (Wildman–Crippen LogP) is 6.56. The normalized spacial score (nSPS) is 55.0. The van der Waals surface area contributed by atoms with Crippen molar-refractivity contribution in [2.75, 3.05) is 0 Å². The Hall–Kier alpha value is -0.410. The lowest BCUT2D eigenvalue weighted by Crippen LogP contribution is -2.57. The SMILES string of the molecule is C[C@H](C[C@@H](O)[C@@H]1OC1(C)C)[C@H]1CC[C@@]2(C)[C@@H]3CC[C@H]4C(C)(C)C(=O)CC[C@@]45C[C@@]35CC[C@]12C. The molecule has 5 aliphatic carbocycles. The summed E-state index contributed by atoms with van der Waals surface area (Å²) in [6.45, 7) is 16.4. The maximum absolute atomic E-state index is 12.9. The van der Waals surface area contributed by atoms with Gasteiger partial charge in [0.2, 0.25) is 0 Å². The molecule has 0 bridgehead atoms. The molecule has 6 aliphatic rings. The van der Waals surface area contributed by atoms with Crippen LogP contribution in [0.25, 0.3) is 0 Å². The lowest BCUT2D eigenvalue weighted by atomic mass is 9.42. The molecule has 1 heterocycles. The largest absolute Gasteiger partial charge is 0.390 e. The first-order valence-corrected chi connectivity index (χ1v) is 14.1. The number of ether oxygens (including phenoxy) is 1. The van der Waals surface area contributed by atoms with Crippen molar-refractivity contribution in [2.24, 2.45) is 50.7 Å². The van der Waals surface area contributed by atoms with Crippen molar-refractivity contribution in [3.05, 3.63) is 0 Å². The number of aliphatic hydroxyl groups excluding tert-OH is 1. The van der Waals surface area contributed by atoms with E-state index in [0.29, 0.717) is 45.2 Å². The number of Topliss-reactive ketones (excluding diaryl/α,β-unsaturated/α-hetero) is 1. The van der Waals surface area contributed by atoms with Crippen LogP contribution >= 0.6 is 0 Å². The van der Waals surface area contributed by atoms with E-state index in [1.807, 2.05) is 0 Å². The number of epoxide rings is 1. The Kier molecular flexibility index (Phi) is 4.51. The number of aliphatic hydroxyl groups is 1. The molecule has 1 aliphatic heterocycles. The van der Waals surface area contributed by atoms with E-state index < -0.39 is 0 Å². The third-order valence-corrected chi connectivity index (χ3v) is 13.6. The Morgan fingerprint density at radius 2 is 1.55 bits per heavy atom. The fraction of sp³-hybridized carbons (Fsp3) is 0.967. The highest BCUT2D eigenvalue weighted by atomic mass is 16.6. The van der Waals surface area contributed by atoms with Crippen molar-refractivity contribution in [3.63, 3.8) is 0 Å². The Labute approximate surface area is 201 Å². The highest BCUT2D eigenvalue weighted by Gasteiger charge is 2.82. The maximum atomic E-state index is 12.9. The fourth-order valence-corrected chi connectivity index (χ4v) is 11.6. The van der Waals surface area contributed by atoms with Crippen LogP contribution in [0.2, 0.25) is 0 Å². The van der Waals surface area contributed by atoms with Crippen LogP contribution < -0.4 is 0 Å². The number of rotatable bonds is 4.